The lowest BCUT2D eigenvalue weighted by atomic mass is 10.2. The standard InChI is InChI=1S/C17H17N/c1-2-13-18(14-16-9-5-3-6-10-16)15-17-11-7-4-8-12-17/h3-12H,14-15H2,1H3. The first-order chi connectivity index (χ1) is 8.88. The van der Waals surface area contributed by atoms with Gasteiger partial charge in [0, 0.05) is 6.04 Å². The Hall–Kier alpha value is -2.20. The van der Waals surface area contributed by atoms with Gasteiger partial charge in [0.05, 0.1) is 13.1 Å². The lowest BCUT2D eigenvalue weighted by Crippen LogP contribution is -2.16. The molecule has 2 rings (SSSR count). The molecule has 0 atom stereocenters. The van der Waals surface area contributed by atoms with Crippen molar-refractivity contribution in [3.05, 3.63) is 71.8 Å². The van der Waals surface area contributed by atoms with Crippen LogP contribution in [0.4, 0.5) is 0 Å². The Balaban J connectivity index is 2.07. The Kier molecular flexibility index (Phi) is 4.44. The fraction of sp³-hybridized carbons (Fsp3) is 0.176. The Morgan fingerprint density at radius 3 is 1.61 bits per heavy atom. The fourth-order valence-corrected chi connectivity index (χ4v) is 1.90. The number of hydrogen-bond acceptors (Lipinski definition) is 1. The van der Waals surface area contributed by atoms with E-state index in [1.165, 1.54) is 11.1 Å². The summed E-state index contributed by atoms with van der Waals surface area (Å²) in [4.78, 5) is 2.14. The summed E-state index contributed by atoms with van der Waals surface area (Å²) in [5.41, 5.74) is 2.58. The summed E-state index contributed by atoms with van der Waals surface area (Å²) in [5, 5.41) is 0. The summed E-state index contributed by atoms with van der Waals surface area (Å²) >= 11 is 0. The van der Waals surface area contributed by atoms with Crippen LogP contribution in [0, 0.1) is 12.0 Å². The zero-order chi connectivity index (χ0) is 12.6. The molecule has 0 amide bonds. The number of rotatable bonds is 4. The van der Waals surface area contributed by atoms with E-state index in [0.29, 0.717) is 0 Å². The molecule has 0 fully saturated rings. The van der Waals surface area contributed by atoms with Gasteiger partial charge in [-0.15, -0.1) is 0 Å². The average molecular weight is 235 g/mol. The molecule has 0 spiro atoms. The largest absolute Gasteiger partial charge is 0.324 e. The van der Waals surface area contributed by atoms with Crippen molar-refractivity contribution >= 4 is 0 Å². The fourth-order valence-electron chi connectivity index (χ4n) is 1.90. The maximum atomic E-state index is 3.16. The van der Waals surface area contributed by atoms with Crippen LogP contribution in [0.3, 0.4) is 0 Å². The van der Waals surface area contributed by atoms with E-state index in [9.17, 15) is 0 Å². The van der Waals surface area contributed by atoms with Crippen molar-refractivity contribution in [3.63, 3.8) is 0 Å². The van der Waals surface area contributed by atoms with Crippen LogP contribution in [0.1, 0.15) is 18.1 Å². The van der Waals surface area contributed by atoms with E-state index in [4.69, 9.17) is 0 Å². The van der Waals surface area contributed by atoms with Gasteiger partial charge in [0.15, 0.2) is 0 Å². The van der Waals surface area contributed by atoms with Gasteiger partial charge in [-0.3, -0.25) is 0 Å². The summed E-state index contributed by atoms with van der Waals surface area (Å²) in [6.45, 7) is 3.59. The second kappa shape index (κ2) is 6.51. The monoisotopic (exact) mass is 235 g/mol. The Labute approximate surface area is 109 Å². The van der Waals surface area contributed by atoms with Crippen LogP contribution in [-0.4, -0.2) is 4.90 Å². The predicted octanol–water partition coefficient (Wildman–Crippen LogP) is 3.67. The summed E-state index contributed by atoms with van der Waals surface area (Å²) in [7, 11) is 0. The molecule has 0 unspecified atom stereocenters. The van der Waals surface area contributed by atoms with E-state index in [1.54, 1.807) is 0 Å². The molecule has 2 aromatic carbocycles. The molecule has 1 nitrogen and oxygen atoms in total. The van der Waals surface area contributed by atoms with Crippen LogP contribution in [0.25, 0.3) is 0 Å². The van der Waals surface area contributed by atoms with E-state index in [1.807, 2.05) is 19.1 Å². The predicted molar refractivity (Wildman–Crippen MR) is 75.6 cm³/mol. The topological polar surface area (TPSA) is 3.24 Å². The number of benzene rings is 2. The highest BCUT2D eigenvalue weighted by molar-refractivity contribution is 5.18. The molecular weight excluding hydrogens is 218 g/mol. The van der Waals surface area contributed by atoms with Crippen LogP contribution in [-0.2, 0) is 13.1 Å². The first kappa shape index (κ1) is 12.3. The Morgan fingerprint density at radius 1 is 0.778 bits per heavy atom. The van der Waals surface area contributed by atoms with Crippen molar-refractivity contribution in [2.75, 3.05) is 0 Å². The van der Waals surface area contributed by atoms with Gasteiger partial charge in [0.25, 0.3) is 0 Å². The second-order valence-electron chi connectivity index (χ2n) is 4.19. The summed E-state index contributed by atoms with van der Waals surface area (Å²) in [5.74, 6) is 2.98. The van der Waals surface area contributed by atoms with E-state index < -0.39 is 0 Å². The van der Waals surface area contributed by atoms with Crippen LogP contribution >= 0.6 is 0 Å². The van der Waals surface area contributed by atoms with Crippen LogP contribution in [0.2, 0.25) is 0 Å². The molecule has 0 aliphatic carbocycles. The van der Waals surface area contributed by atoms with Gasteiger partial charge < -0.3 is 4.90 Å². The first-order valence-electron chi connectivity index (χ1n) is 6.13. The van der Waals surface area contributed by atoms with Gasteiger partial charge in [0.1, 0.15) is 0 Å². The normalized spacial score (nSPS) is 9.39. The molecule has 0 aliphatic heterocycles. The third-order valence-electron chi connectivity index (χ3n) is 2.70. The molecule has 0 aromatic heterocycles. The van der Waals surface area contributed by atoms with Gasteiger partial charge >= 0.3 is 0 Å². The van der Waals surface area contributed by atoms with Crippen molar-refractivity contribution in [1.29, 1.82) is 0 Å². The highest BCUT2D eigenvalue weighted by atomic mass is 15.1. The van der Waals surface area contributed by atoms with E-state index >= 15 is 0 Å². The van der Waals surface area contributed by atoms with Crippen molar-refractivity contribution < 1.29 is 0 Å². The first-order valence-corrected chi connectivity index (χ1v) is 6.13. The smallest absolute Gasteiger partial charge is 0.0514 e. The molecule has 0 radical (unpaired) electrons. The number of hydrogen-bond donors (Lipinski definition) is 0. The third-order valence-corrected chi connectivity index (χ3v) is 2.70. The molecule has 0 aliphatic rings. The van der Waals surface area contributed by atoms with Gasteiger partial charge in [0.2, 0.25) is 0 Å². The molecular formula is C17H17N. The molecule has 0 bridgehead atoms. The quantitative estimate of drug-likeness (QED) is 0.577. The summed E-state index contributed by atoms with van der Waals surface area (Å²) < 4.78 is 0. The molecule has 90 valence electrons. The van der Waals surface area contributed by atoms with Gasteiger partial charge in [-0.05, 0) is 18.1 Å². The minimum atomic E-state index is 0.858. The Bertz CT molecular complexity index is 478. The highest BCUT2D eigenvalue weighted by Gasteiger charge is 2.02. The number of nitrogens with zero attached hydrogens (tertiary/aromatic N) is 1. The third kappa shape index (κ3) is 3.68. The summed E-state index contributed by atoms with van der Waals surface area (Å²) in [6, 6.07) is 24.0. The van der Waals surface area contributed by atoms with Crippen LogP contribution < -0.4 is 0 Å². The van der Waals surface area contributed by atoms with E-state index in [0.717, 1.165) is 13.1 Å². The van der Waals surface area contributed by atoms with Gasteiger partial charge in [-0.25, -0.2) is 0 Å². The molecule has 18 heavy (non-hydrogen) atoms. The maximum Gasteiger partial charge on any atom is 0.0514 e. The van der Waals surface area contributed by atoms with Crippen molar-refractivity contribution in [2.24, 2.45) is 0 Å². The van der Waals surface area contributed by atoms with Gasteiger partial charge in [-0.1, -0.05) is 66.6 Å². The van der Waals surface area contributed by atoms with Gasteiger partial charge in [-0.2, -0.15) is 0 Å². The zero-order valence-electron chi connectivity index (χ0n) is 10.6. The maximum absolute atomic E-state index is 3.16. The highest BCUT2D eigenvalue weighted by Crippen LogP contribution is 2.08. The SMILES string of the molecule is CC#CN(Cc1ccccc1)Cc1ccccc1. The van der Waals surface area contributed by atoms with E-state index in [2.05, 4.69) is 65.4 Å². The molecule has 0 saturated heterocycles. The minimum Gasteiger partial charge on any atom is -0.324 e. The Morgan fingerprint density at radius 2 is 1.22 bits per heavy atom. The summed E-state index contributed by atoms with van der Waals surface area (Å²) in [6.07, 6.45) is 0. The lowest BCUT2D eigenvalue weighted by molar-refractivity contribution is 0.385. The zero-order valence-corrected chi connectivity index (χ0v) is 10.6. The molecule has 2 aromatic rings. The van der Waals surface area contributed by atoms with Crippen molar-refractivity contribution in [3.8, 4) is 12.0 Å². The van der Waals surface area contributed by atoms with Crippen LogP contribution in [0.15, 0.2) is 60.7 Å². The molecule has 0 heterocycles. The van der Waals surface area contributed by atoms with Crippen molar-refractivity contribution in [2.45, 2.75) is 20.0 Å². The van der Waals surface area contributed by atoms with Crippen LogP contribution in [0.5, 0.6) is 0 Å². The molecule has 1 heteroatoms. The van der Waals surface area contributed by atoms with E-state index in [-0.39, 0.29) is 0 Å². The molecule has 0 saturated carbocycles. The lowest BCUT2D eigenvalue weighted by Gasteiger charge is -2.17. The molecule has 0 N–H and O–H groups in total. The average Bonchev–Trinajstić information content (AvgIpc) is 2.41. The minimum absolute atomic E-state index is 0.858. The second-order valence-corrected chi connectivity index (χ2v) is 4.19. The van der Waals surface area contributed by atoms with Crippen molar-refractivity contribution in [1.82, 2.24) is 4.90 Å².